The minimum atomic E-state index is -1.41. The maximum absolute atomic E-state index is 11.9. The summed E-state index contributed by atoms with van der Waals surface area (Å²) >= 11 is 3.34. The first-order chi connectivity index (χ1) is 7.77. The van der Waals surface area contributed by atoms with Gasteiger partial charge in [-0.1, -0.05) is 15.9 Å². The average molecular weight is 302 g/mol. The Labute approximate surface area is 109 Å². The van der Waals surface area contributed by atoms with Gasteiger partial charge >= 0.3 is 0 Å². The van der Waals surface area contributed by atoms with Crippen molar-refractivity contribution >= 4 is 27.5 Å². The molecule has 0 saturated heterocycles. The minimum absolute atomic E-state index is 0.395. The second-order valence-electron chi connectivity index (χ2n) is 4.24. The van der Waals surface area contributed by atoms with Gasteiger partial charge in [-0.25, -0.2) is 0 Å². The molecule has 94 valence electrons. The molecule has 17 heavy (non-hydrogen) atoms. The highest BCUT2D eigenvalue weighted by Gasteiger charge is 2.29. The van der Waals surface area contributed by atoms with Gasteiger partial charge in [-0.05, 0) is 32.0 Å². The van der Waals surface area contributed by atoms with E-state index in [-0.39, 0.29) is 0 Å². The zero-order chi connectivity index (χ0) is 13.2. The molecule has 1 amide bonds. The van der Waals surface area contributed by atoms with Crippen LogP contribution in [0.25, 0.3) is 0 Å². The van der Waals surface area contributed by atoms with Crippen molar-refractivity contribution in [3.8, 4) is 5.75 Å². The molecule has 0 atom stereocenters. The van der Waals surface area contributed by atoms with Crippen LogP contribution in [0.15, 0.2) is 22.7 Å². The fraction of sp³-hybridized carbons (Fsp3) is 0.417. The van der Waals surface area contributed by atoms with E-state index < -0.39 is 11.5 Å². The van der Waals surface area contributed by atoms with E-state index in [1.165, 1.54) is 25.9 Å². The average Bonchev–Trinajstić information content (AvgIpc) is 2.25. The Morgan fingerprint density at radius 2 is 2.06 bits per heavy atom. The highest BCUT2D eigenvalue weighted by atomic mass is 79.9. The van der Waals surface area contributed by atoms with Crippen molar-refractivity contribution in [2.45, 2.75) is 19.4 Å². The molecule has 0 spiro atoms. The Kier molecular flexibility index (Phi) is 4.16. The standard InChI is InChI=1S/C12H16BrNO3/c1-12(2,16)11(15)14(3)9-7-8(13)5-6-10(9)17-4/h5-7,16H,1-4H3. The number of amides is 1. The van der Waals surface area contributed by atoms with Crippen LogP contribution in [0.1, 0.15) is 13.8 Å². The number of anilines is 1. The van der Waals surface area contributed by atoms with Gasteiger partial charge in [-0.2, -0.15) is 0 Å². The molecule has 0 aliphatic carbocycles. The van der Waals surface area contributed by atoms with Crippen molar-refractivity contribution in [2.75, 3.05) is 19.1 Å². The summed E-state index contributed by atoms with van der Waals surface area (Å²) < 4.78 is 6.02. The second-order valence-corrected chi connectivity index (χ2v) is 5.16. The van der Waals surface area contributed by atoms with E-state index in [9.17, 15) is 9.90 Å². The quantitative estimate of drug-likeness (QED) is 0.931. The molecular weight excluding hydrogens is 286 g/mol. The van der Waals surface area contributed by atoms with E-state index in [0.29, 0.717) is 11.4 Å². The van der Waals surface area contributed by atoms with Crippen LogP contribution in [0.5, 0.6) is 5.75 Å². The van der Waals surface area contributed by atoms with Gasteiger partial charge in [0.05, 0.1) is 12.8 Å². The number of rotatable bonds is 3. The highest BCUT2D eigenvalue weighted by molar-refractivity contribution is 9.10. The Balaban J connectivity index is 3.15. The SMILES string of the molecule is COc1ccc(Br)cc1N(C)C(=O)C(C)(C)O. The summed E-state index contributed by atoms with van der Waals surface area (Å²) in [5, 5.41) is 9.71. The molecule has 0 aromatic heterocycles. The lowest BCUT2D eigenvalue weighted by molar-refractivity contribution is -0.133. The van der Waals surface area contributed by atoms with Crippen LogP contribution in [-0.2, 0) is 4.79 Å². The van der Waals surface area contributed by atoms with Crippen LogP contribution >= 0.6 is 15.9 Å². The normalized spacial score (nSPS) is 11.2. The van der Waals surface area contributed by atoms with Crippen molar-refractivity contribution in [1.82, 2.24) is 0 Å². The van der Waals surface area contributed by atoms with Gasteiger partial charge in [0.1, 0.15) is 11.4 Å². The van der Waals surface area contributed by atoms with Crippen LogP contribution in [0, 0.1) is 0 Å². The molecule has 1 rings (SSSR count). The number of halogens is 1. The molecule has 0 heterocycles. The van der Waals surface area contributed by atoms with Crippen LogP contribution in [0.3, 0.4) is 0 Å². The van der Waals surface area contributed by atoms with Gasteiger partial charge in [0, 0.05) is 11.5 Å². The van der Waals surface area contributed by atoms with E-state index in [1.54, 1.807) is 19.2 Å². The molecule has 1 aromatic rings. The molecule has 0 bridgehead atoms. The summed E-state index contributed by atoms with van der Waals surface area (Å²) in [7, 11) is 3.14. The third-order valence-electron chi connectivity index (χ3n) is 2.33. The van der Waals surface area contributed by atoms with Crippen LogP contribution in [-0.4, -0.2) is 30.8 Å². The van der Waals surface area contributed by atoms with Crippen LogP contribution < -0.4 is 9.64 Å². The van der Waals surface area contributed by atoms with Crippen molar-refractivity contribution in [2.24, 2.45) is 0 Å². The van der Waals surface area contributed by atoms with Crippen molar-refractivity contribution in [1.29, 1.82) is 0 Å². The van der Waals surface area contributed by atoms with E-state index in [2.05, 4.69) is 15.9 Å². The van der Waals surface area contributed by atoms with E-state index >= 15 is 0 Å². The zero-order valence-corrected chi connectivity index (χ0v) is 11.9. The predicted molar refractivity (Wildman–Crippen MR) is 70.4 cm³/mol. The van der Waals surface area contributed by atoms with Crippen molar-refractivity contribution in [3.05, 3.63) is 22.7 Å². The molecule has 0 aliphatic heterocycles. The second kappa shape index (κ2) is 5.06. The monoisotopic (exact) mass is 301 g/mol. The van der Waals surface area contributed by atoms with Crippen molar-refractivity contribution in [3.63, 3.8) is 0 Å². The number of likely N-dealkylation sites (N-methyl/N-ethyl adjacent to an activating group) is 1. The smallest absolute Gasteiger partial charge is 0.258 e. The Morgan fingerprint density at radius 3 is 2.53 bits per heavy atom. The van der Waals surface area contributed by atoms with E-state index in [4.69, 9.17) is 4.74 Å². The number of nitrogens with zero attached hydrogens (tertiary/aromatic N) is 1. The van der Waals surface area contributed by atoms with E-state index in [1.807, 2.05) is 6.07 Å². The molecule has 1 aromatic carbocycles. The first kappa shape index (κ1) is 14.0. The molecule has 0 fully saturated rings. The van der Waals surface area contributed by atoms with Crippen LogP contribution in [0.2, 0.25) is 0 Å². The molecule has 4 nitrogen and oxygen atoms in total. The largest absolute Gasteiger partial charge is 0.495 e. The molecule has 0 saturated carbocycles. The summed E-state index contributed by atoms with van der Waals surface area (Å²) in [6.45, 7) is 2.91. The van der Waals surface area contributed by atoms with Gasteiger partial charge in [0.15, 0.2) is 0 Å². The highest BCUT2D eigenvalue weighted by Crippen LogP contribution is 2.31. The molecule has 1 N–H and O–H groups in total. The molecule has 0 aliphatic rings. The van der Waals surface area contributed by atoms with Gasteiger partial charge in [0.2, 0.25) is 0 Å². The topological polar surface area (TPSA) is 49.8 Å². The Morgan fingerprint density at radius 1 is 1.47 bits per heavy atom. The summed E-state index contributed by atoms with van der Waals surface area (Å²) in [4.78, 5) is 13.3. The number of hydrogen-bond acceptors (Lipinski definition) is 3. The maximum Gasteiger partial charge on any atom is 0.258 e. The third-order valence-corrected chi connectivity index (χ3v) is 2.82. The minimum Gasteiger partial charge on any atom is -0.495 e. The van der Waals surface area contributed by atoms with E-state index in [0.717, 1.165) is 4.47 Å². The fourth-order valence-corrected chi connectivity index (χ4v) is 1.79. The first-order valence-corrected chi connectivity index (χ1v) is 5.90. The van der Waals surface area contributed by atoms with Crippen LogP contribution in [0.4, 0.5) is 5.69 Å². The summed E-state index contributed by atoms with van der Waals surface area (Å²) in [6.07, 6.45) is 0. The zero-order valence-electron chi connectivity index (χ0n) is 10.3. The number of ether oxygens (including phenoxy) is 1. The molecule has 5 heteroatoms. The lowest BCUT2D eigenvalue weighted by Gasteiger charge is -2.26. The number of hydrogen-bond donors (Lipinski definition) is 1. The number of methoxy groups -OCH3 is 1. The van der Waals surface area contributed by atoms with Gasteiger partial charge < -0.3 is 14.7 Å². The molecular formula is C12H16BrNO3. The van der Waals surface area contributed by atoms with Gasteiger partial charge in [0.25, 0.3) is 5.91 Å². The lowest BCUT2D eigenvalue weighted by Crippen LogP contribution is -2.43. The van der Waals surface area contributed by atoms with Gasteiger partial charge in [-0.3, -0.25) is 4.79 Å². The molecule has 0 unspecified atom stereocenters. The number of carbonyl (C=O) groups is 1. The Hall–Kier alpha value is -1.07. The Bertz CT molecular complexity index is 426. The third kappa shape index (κ3) is 3.20. The fourth-order valence-electron chi connectivity index (χ4n) is 1.45. The van der Waals surface area contributed by atoms with Crippen molar-refractivity contribution < 1.29 is 14.6 Å². The van der Waals surface area contributed by atoms with Gasteiger partial charge in [-0.15, -0.1) is 0 Å². The predicted octanol–water partition coefficient (Wildman–Crippen LogP) is 2.19. The number of carbonyl (C=O) groups excluding carboxylic acids is 1. The maximum atomic E-state index is 11.9. The summed E-state index contributed by atoms with van der Waals surface area (Å²) in [6, 6.07) is 5.35. The molecule has 0 radical (unpaired) electrons. The number of benzene rings is 1. The summed E-state index contributed by atoms with van der Waals surface area (Å²) in [5.41, 5.74) is -0.809. The number of aliphatic hydroxyl groups is 1. The summed E-state index contributed by atoms with van der Waals surface area (Å²) in [5.74, 6) is 0.183. The first-order valence-electron chi connectivity index (χ1n) is 5.11. The lowest BCUT2D eigenvalue weighted by atomic mass is 10.1.